The molecule has 0 heterocycles. The van der Waals surface area contributed by atoms with Crippen LogP contribution in [0.15, 0.2) is 42.5 Å². The molecule has 0 unspecified atom stereocenters. The molecule has 0 aliphatic carbocycles. The summed E-state index contributed by atoms with van der Waals surface area (Å²) in [6.07, 6.45) is 0. The lowest BCUT2D eigenvalue weighted by Gasteiger charge is -2.11. The molecule has 2 aromatic rings. The van der Waals surface area contributed by atoms with Crippen LogP contribution >= 0.6 is 0 Å². The van der Waals surface area contributed by atoms with E-state index in [-0.39, 0.29) is 11.5 Å². The second-order valence-electron chi connectivity index (χ2n) is 3.38. The first kappa shape index (κ1) is 10.2. The van der Waals surface area contributed by atoms with Gasteiger partial charge in [0, 0.05) is 0 Å². The third-order valence-electron chi connectivity index (χ3n) is 2.24. The molecular weight excluding hydrogens is 204 g/mol. The Balaban J connectivity index is 2.38. The fourth-order valence-corrected chi connectivity index (χ4v) is 1.41. The van der Waals surface area contributed by atoms with Crippen molar-refractivity contribution >= 4 is 17.1 Å². The van der Waals surface area contributed by atoms with Crippen LogP contribution in [0.2, 0.25) is 0 Å². The van der Waals surface area contributed by atoms with Crippen molar-refractivity contribution in [3.63, 3.8) is 0 Å². The second kappa shape index (κ2) is 4.02. The minimum absolute atomic E-state index is 0.0447. The Bertz CT molecular complexity index is 492. The number of anilines is 3. The zero-order valence-electron chi connectivity index (χ0n) is 8.51. The predicted octanol–water partition coefficient (Wildman–Crippen LogP) is 2.42. The number of hydrogen-bond donors (Lipinski definition) is 4. The molecule has 0 aliphatic rings. The summed E-state index contributed by atoms with van der Waals surface area (Å²) < 4.78 is 0. The van der Waals surface area contributed by atoms with Crippen LogP contribution in [-0.2, 0) is 0 Å². The maximum absolute atomic E-state index is 9.62. The van der Waals surface area contributed by atoms with Gasteiger partial charge in [0.1, 0.15) is 17.2 Å². The zero-order chi connectivity index (χ0) is 11.5. The molecule has 0 aliphatic heterocycles. The number of rotatable bonds is 2. The highest BCUT2D eigenvalue weighted by Gasteiger charge is 2.07. The summed E-state index contributed by atoms with van der Waals surface area (Å²) >= 11 is 0. The van der Waals surface area contributed by atoms with Crippen molar-refractivity contribution in [1.82, 2.24) is 0 Å². The first-order chi connectivity index (χ1) is 7.68. The summed E-state index contributed by atoms with van der Waals surface area (Å²) in [6, 6.07) is 11.6. The molecule has 0 saturated heterocycles. The summed E-state index contributed by atoms with van der Waals surface area (Å²) in [5.74, 6) is 0.147. The number of benzene rings is 2. The van der Waals surface area contributed by atoms with Gasteiger partial charge in [-0.05, 0) is 24.3 Å². The lowest BCUT2D eigenvalue weighted by Crippen LogP contribution is -1.96. The predicted molar refractivity (Wildman–Crippen MR) is 63.9 cm³/mol. The fourth-order valence-electron chi connectivity index (χ4n) is 1.41. The molecule has 0 spiro atoms. The average Bonchev–Trinajstić information content (AvgIpc) is 2.26. The Morgan fingerprint density at radius 1 is 0.875 bits per heavy atom. The van der Waals surface area contributed by atoms with Crippen molar-refractivity contribution in [3.8, 4) is 11.5 Å². The summed E-state index contributed by atoms with van der Waals surface area (Å²) in [5, 5.41) is 22.1. The molecule has 16 heavy (non-hydrogen) atoms. The van der Waals surface area contributed by atoms with Crippen LogP contribution in [0.1, 0.15) is 0 Å². The maximum Gasteiger partial charge on any atom is 0.141 e. The second-order valence-corrected chi connectivity index (χ2v) is 3.38. The van der Waals surface area contributed by atoms with Crippen molar-refractivity contribution < 1.29 is 10.2 Å². The number of nitrogens with two attached hydrogens (primary N) is 1. The van der Waals surface area contributed by atoms with E-state index in [1.165, 1.54) is 6.07 Å². The minimum atomic E-state index is 0.0447. The molecule has 0 amide bonds. The molecule has 0 radical (unpaired) electrons. The highest BCUT2D eigenvalue weighted by Crippen LogP contribution is 2.34. The quantitative estimate of drug-likeness (QED) is 0.459. The zero-order valence-corrected chi connectivity index (χ0v) is 8.51. The van der Waals surface area contributed by atoms with Gasteiger partial charge in [0.15, 0.2) is 0 Å². The number of aromatic hydroxyl groups is 2. The molecular formula is C12H12N2O2. The van der Waals surface area contributed by atoms with Crippen LogP contribution in [0.5, 0.6) is 11.5 Å². The largest absolute Gasteiger partial charge is 0.506 e. The van der Waals surface area contributed by atoms with E-state index >= 15 is 0 Å². The number of nitrogen functional groups attached to an aromatic ring is 1. The summed E-state index contributed by atoms with van der Waals surface area (Å²) in [7, 11) is 0. The highest BCUT2D eigenvalue weighted by atomic mass is 16.3. The van der Waals surface area contributed by atoms with E-state index in [9.17, 15) is 10.2 Å². The maximum atomic E-state index is 9.62. The van der Waals surface area contributed by atoms with Gasteiger partial charge in [-0.2, -0.15) is 0 Å². The van der Waals surface area contributed by atoms with Crippen LogP contribution in [0.3, 0.4) is 0 Å². The molecule has 0 bridgehead atoms. The summed E-state index contributed by atoms with van der Waals surface area (Å²) in [5.41, 5.74) is 7.02. The van der Waals surface area contributed by atoms with Gasteiger partial charge in [-0.25, -0.2) is 0 Å². The van der Waals surface area contributed by atoms with Crippen LogP contribution in [-0.4, -0.2) is 10.2 Å². The van der Waals surface area contributed by atoms with Crippen LogP contribution in [0, 0.1) is 0 Å². The van der Waals surface area contributed by atoms with Crippen molar-refractivity contribution in [2.24, 2.45) is 0 Å². The Morgan fingerprint density at radius 3 is 2.25 bits per heavy atom. The van der Waals surface area contributed by atoms with Crippen molar-refractivity contribution in [3.05, 3.63) is 42.5 Å². The number of phenols is 2. The van der Waals surface area contributed by atoms with Gasteiger partial charge in [-0.15, -0.1) is 0 Å². The van der Waals surface area contributed by atoms with E-state index in [1.807, 2.05) is 0 Å². The van der Waals surface area contributed by atoms with E-state index in [0.29, 0.717) is 17.1 Å². The molecule has 4 heteroatoms. The van der Waals surface area contributed by atoms with E-state index in [2.05, 4.69) is 5.32 Å². The minimum Gasteiger partial charge on any atom is -0.506 e. The molecule has 0 aromatic heterocycles. The van der Waals surface area contributed by atoms with Gasteiger partial charge in [0.2, 0.25) is 0 Å². The topological polar surface area (TPSA) is 78.5 Å². The molecule has 82 valence electrons. The van der Waals surface area contributed by atoms with Gasteiger partial charge < -0.3 is 21.3 Å². The van der Waals surface area contributed by atoms with Crippen molar-refractivity contribution in [2.45, 2.75) is 0 Å². The Labute approximate surface area is 93.0 Å². The van der Waals surface area contributed by atoms with E-state index < -0.39 is 0 Å². The molecule has 0 saturated carbocycles. The first-order valence-electron chi connectivity index (χ1n) is 4.81. The molecule has 2 rings (SSSR count). The third kappa shape index (κ3) is 1.86. The SMILES string of the molecule is Nc1cccc(O)c1Nc1ccccc1O. The number of hydrogen-bond acceptors (Lipinski definition) is 4. The Kier molecular flexibility index (Phi) is 2.55. The number of nitrogens with one attached hydrogen (secondary N) is 1. The monoisotopic (exact) mass is 216 g/mol. The average molecular weight is 216 g/mol. The van der Waals surface area contributed by atoms with E-state index in [0.717, 1.165) is 0 Å². The molecule has 0 fully saturated rings. The van der Waals surface area contributed by atoms with Crippen molar-refractivity contribution in [1.29, 1.82) is 0 Å². The van der Waals surface area contributed by atoms with Crippen molar-refractivity contribution in [2.75, 3.05) is 11.1 Å². The normalized spacial score (nSPS) is 10.0. The van der Waals surface area contributed by atoms with Gasteiger partial charge >= 0.3 is 0 Å². The van der Waals surface area contributed by atoms with Gasteiger partial charge in [-0.3, -0.25) is 0 Å². The first-order valence-corrected chi connectivity index (χ1v) is 4.81. The number of phenolic OH excluding ortho intramolecular Hbond substituents is 2. The standard InChI is InChI=1S/C12H12N2O2/c13-8-4-3-7-11(16)12(8)14-9-5-1-2-6-10(9)15/h1-7,14-16H,13H2. The molecule has 0 atom stereocenters. The Hall–Kier alpha value is -2.36. The summed E-state index contributed by atoms with van der Waals surface area (Å²) in [6.45, 7) is 0. The van der Waals surface area contributed by atoms with Gasteiger partial charge in [0.25, 0.3) is 0 Å². The van der Waals surface area contributed by atoms with E-state index in [1.54, 1.807) is 36.4 Å². The fraction of sp³-hybridized carbons (Fsp3) is 0. The van der Waals surface area contributed by atoms with Crippen LogP contribution < -0.4 is 11.1 Å². The summed E-state index contributed by atoms with van der Waals surface area (Å²) in [4.78, 5) is 0. The third-order valence-corrected chi connectivity index (χ3v) is 2.24. The lowest BCUT2D eigenvalue weighted by atomic mass is 10.2. The van der Waals surface area contributed by atoms with Crippen LogP contribution in [0.25, 0.3) is 0 Å². The molecule has 2 aromatic carbocycles. The van der Waals surface area contributed by atoms with Crippen LogP contribution in [0.4, 0.5) is 17.1 Å². The van der Waals surface area contributed by atoms with E-state index in [4.69, 9.17) is 5.73 Å². The number of para-hydroxylation sites is 3. The lowest BCUT2D eigenvalue weighted by molar-refractivity contribution is 0.475. The molecule has 4 nitrogen and oxygen atoms in total. The Morgan fingerprint density at radius 2 is 1.56 bits per heavy atom. The van der Waals surface area contributed by atoms with Gasteiger partial charge in [0.05, 0.1) is 11.4 Å². The smallest absolute Gasteiger partial charge is 0.141 e. The molecule has 5 N–H and O–H groups in total. The highest BCUT2D eigenvalue weighted by molar-refractivity contribution is 5.79. The van der Waals surface area contributed by atoms with Gasteiger partial charge in [-0.1, -0.05) is 18.2 Å².